The van der Waals surface area contributed by atoms with Crippen LogP contribution in [0, 0.1) is 6.07 Å². The van der Waals surface area contributed by atoms with E-state index in [2.05, 4.69) is 11.0 Å². The van der Waals surface area contributed by atoms with E-state index in [0.29, 0.717) is 24.6 Å². The first-order valence-corrected chi connectivity index (χ1v) is 6.86. The number of sulfone groups is 1. The second-order valence-electron chi connectivity index (χ2n) is 3.84. The van der Waals surface area contributed by atoms with Gasteiger partial charge in [-0.1, -0.05) is 18.2 Å². The minimum absolute atomic E-state index is 0.295. The van der Waals surface area contributed by atoms with Crippen LogP contribution in [-0.4, -0.2) is 37.9 Å². The lowest BCUT2D eigenvalue weighted by Gasteiger charge is -2.26. The lowest BCUT2D eigenvalue weighted by Crippen LogP contribution is -2.39. The van der Waals surface area contributed by atoms with E-state index in [1.54, 1.807) is 0 Å². The molecule has 0 spiro atoms. The molecule has 0 aromatic heterocycles. The van der Waals surface area contributed by atoms with Crippen molar-refractivity contribution < 1.29 is 8.42 Å². The van der Waals surface area contributed by atoms with Crippen molar-refractivity contribution in [1.82, 2.24) is 4.90 Å². The zero-order valence-electron chi connectivity index (χ0n) is 8.52. The standard InChI is InChI=1S/C11H14NO2S/c13-15(14)8-6-12(7-9-15)10-11-4-2-1-3-5-11/h1-2,4-5H,6-10H2. The molecule has 0 unspecified atom stereocenters. The maximum Gasteiger partial charge on any atom is 0.152 e. The Morgan fingerprint density at radius 2 is 2.07 bits per heavy atom. The lowest BCUT2D eigenvalue weighted by molar-refractivity contribution is 0.287. The molecule has 3 nitrogen and oxygen atoms in total. The van der Waals surface area contributed by atoms with E-state index in [1.165, 1.54) is 5.56 Å². The van der Waals surface area contributed by atoms with Gasteiger partial charge in [-0.2, -0.15) is 0 Å². The van der Waals surface area contributed by atoms with Crippen molar-refractivity contribution in [2.45, 2.75) is 6.54 Å². The zero-order chi connectivity index (χ0) is 10.7. The molecule has 1 aromatic carbocycles. The van der Waals surface area contributed by atoms with Gasteiger partial charge in [0.25, 0.3) is 0 Å². The van der Waals surface area contributed by atoms with Gasteiger partial charge in [0.2, 0.25) is 0 Å². The van der Waals surface area contributed by atoms with E-state index in [4.69, 9.17) is 0 Å². The molecule has 1 fully saturated rings. The molecule has 1 saturated heterocycles. The maximum absolute atomic E-state index is 11.2. The van der Waals surface area contributed by atoms with Crippen LogP contribution >= 0.6 is 0 Å². The van der Waals surface area contributed by atoms with Crippen molar-refractivity contribution >= 4 is 9.84 Å². The van der Waals surface area contributed by atoms with Gasteiger partial charge in [-0.25, -0.2) is 8.42 Å². The van der Waals surface area contributed by atoms with Crippen LogP contribution in [0.3, 0.4) is 0 Å². The van der Waals surface area contributed by atoms with Gasteiger partial charge in [0.15, 0.2) is 9.84 Å². The predicted molar refractivity (Wildman–Crippen MR) is 59.2 cm³/mol. The third-order valence-electron chi connectivity index (χ3n) is 2.61. The van der Waals surface area contributed by atoms with Crippen molar-refractivity contribution in [2.75, 3.05) is 24.6 Å². The highest BCUT2D eigenvalue weighted by Gasteiger charge is 2.21. The van der Waals surface area contributed by atoms with Crippen LogP contribution in [0.4, 0.5) is 0 Å². The topological polar surface area (TPSA) is 37.4 Å². The van der Waals surface area contributed by atoms with E-state index < -0.39 is 9.84 Å². The van der Waals surface area contributed by atoms with Crippen LogP contribution in [0.15, 0.2) is 24.3 Å². The monoisotopic (exact) mass is 224 g/mol. The molecule has 1 radical (unpaired) electrons. The Morgan fingerprint density at radius 3 is 2.67 bits per heavy atom. The van der Waals surface area contributed by atoms with E-state index in [9.17, 15) is 8.42 Å². The van der Waals surface area contributed by atoms with Crippen molar-refractivity contribution in [3.05, 3.63) is 35.9 Å². The molecule has 1 heterocycles. The Morgan fingerprint density at radius 1 is 1.33 bits per heavy atom. The number of nitrogens with zero attached hydrogens (tertiary/aromatic N) is 1. The van der Waals surface area contributed by atoms with E-state index >= 15 is 0 Å². The molecule has 0 saturated carbocycles. The Kier molecular flexibility index (Phi) is 3.07. The lowest BCUT2D eigenvalue weighted by atomic mass is 10.2. The fourth-order valence-corrected chi connectivity index (χ4v) is 2.97. The van der Waals surface area contributed by atoms with Crippen molar-refractivity contribution in [2.24, 2.45) is 0 Å². The molecule has 0 N–H and O–H groups in total. The average molecular weight is 224 g/mol. The summed E-state index contributed by atoms with van der Waals surface area (Å²) in [5, 5.41) is 0. The van der Waals surface area contributed by atoms with Crippen molar-refractivity contribution in [3.63, 3.8) is 0 Å². The van der Waals surface area contributed by atoms with Crippen LogP contribution in [0.1, 0.15) is 5.56 Å². The minimum Gasteiger partial charge on any atom is -0.297 e. The third kappa shape index (κ3) is 3.04. The zero-order valence-corrected chi connectivity index (χ0v) is 9.33. The van der Waals surface area contributed by atoms with Crippen LogP contribution in [0.5, 0.6) is 0 Å². The first kappa shape index (κ1) is 10.6. The van der Waals surface area contributed by atoms with E-state index in [1.807, 2.05) is 24.3 Å². The third-order valence-corrected chi connectivity index (χ3v) is 4.22. The molecule has 0 amide bonds. The highest BCUT2D eigenvalue weighted by molar-refractivity contribution is 7.91. The second-order valence-corrected chi connectivity index (χ2v) is 6.14. The van der Waals surface area contributed by atoms with Crippen LogP contribution in [0.25, 0.3) is 0 Å². The maximum atomic E-state index is 11.2. The van der Waals surface area contributed by atoms with Crippen molar-refractivity contribution in [1.29, 1.82) is 0 Å². The van der Waals surface area contributed by atoms with Gasteiger partial charge in [0.1, 0.15) is 0 Å². The first-order valence-electron chi connectivity index (χ1n) is 5.03. The molecule has 0 atom stereocenters. The van der Waals surface area contributed by atoms with Crippen molar-refractivity contribution in [3.8, 4) is 0 Å². The van der Waals surface area contributed by atoms with Gasteiger partial charge in [-0.05, 0) is 17.7 Å². The van der Waals surface area contributed by atoms with Gasteiger partial charge < -0.3 is 0 Å². The second kappa shape index (κ2) is 4.33. The number of hydrogen-bond acceptors (Lipinski definition) is 3. The summed E-state index contributed by atoms with van der Waals surface area (Å²) in [6.45, 7) is 2.13. The summed E-state index contributed by atoms with van der Waals surface area (Å²) in [6, 6.07) is 10.8. The van der Waals surface area contributed by atoms with Crippen LogP contribution in [0.2, 0.25) is 0 Å². The smallest absolute Gasteiger partial charge is 0.152 e. The molecule has 1 aliphatic heterocycles. The number of hydrogen-bond donors (Lipinski definition) is 0. The van der Waals surface area contributed by atoms with Gasteiger partial charge in [-0.3, -0.25) is 4.90 Å². The Labute approximate surface area is 90.6 Å². The molecule has 0 bridgehead atoms. The first-order chi connectivity index (χ1) is 7.16. The SMILES string of the molecule is O=S1(=O)CCN(Cc2c[c]ccc2)CC1. The molecule has 4 heteroatoms. The average Bonchev–Trinajstić information content (AvgIpc) is 2.23. The van der Waals surface area contributed by atoms with Gasteiger partial charge in [0.05, 0.1) is 11.5 Å². The summed E-state index contributed by atoms with van der Waals surface area (Å²) in [4.78, 5) is 2.17. The van der Waals surface area contributed by atoms with E-state index in [-0.39, 0.29) is 0 Å². The summed E-state index contributed by atoms with van der Waals surface area (Å²) < 4.78 is 22.4. The summed E-state index contributed by atoms with van der Waals surface area (Å²) in [6.07, 6.45) is 0. The Balaban J connectivity index is 1.93. The molecule has 2 rings (SSSR count). The Bertz CT molecular complexity index is 399. The summed E-state index contributed by atoms with van der Waals surface area (Å²) in [5.74, 6) is 0.590. The van der Waals surface area contributed by atoms with E-state index in [0.717, 1.165) is 6.54 Å². The fraction of sp³-hybridized carbons (Fsp3) is 0.455. The molecule has 1 aromatic rings. The summed E-state index contributed by atoms with van der Waals surface area (Å²) in [5.41, 5.74) is 1.19. The van der Waals surface area contributed by atoms with Crippen LogP contribution in [-0.2, 0) is 16.4 Å². The van der Waals surface area contributed by atoms with Crippen LogP contribution < -0.4 is 0 Å². The highest BCUT2D eigenvalue weighted by atomic mass is 32.2. The minimum atomic E-state index is -2.76. The summed E-state index contributed by atoms with van der Waals surface area (Å²) >= 11 is 0. The molecular formula is C11H14NO2S. The molecule has 0 aliphatic carbocycles. The highest BCUT2D eigenvalue weighted by Crippen LogP contribution is 2.08. The quantitative estimate of drug-likeness (QED) is 0.742. The number of rotatable bonds is 2. The molecule has 81 valence electrons. The van der Waals surface area contributed by atoms with Gasteiger partial charge >= 0.3 is 0 Å². The molecule has 15 heavy (non-hydrogen) atoms. The number of benzene rings is 1. The molecular weight excluding hydrogens is 210 g/mol. The fourth-order valence-electron chi connectivity index (χ4n) is 1.70. The largest absolute Gasteiger partial charge is 0.297 e. The predicted octanol–water partition coefficient (Wildman–Crippen LogP) is 0.717. The molecule has 1 aliphatic rings. The normalized spacial score (nSPS) is 21.3. The Hall–Kier alpha value is -0.870. The summed E-state index contributed by atoms with van der Waals surface area (Å²) in [7, 11) is -2.76. The van der Waals surface area contributed by atoms with Gasteiger partial charge in [0, 0.05) is 19.6 Å². The van der Waals surface area contributed by atoms with Gasteiger partial charge in [-0.15, -0.1) is 0 Å².